The van der Waals surface area contributed by atoms with Gasteiger partial charge in [0, 0.05) is 22.9 Å². The minimum atomic E-state index is -5.07. The topological polar surface area (TPSA) is 203 Å². The van der Waals surface area contributed by atoms with Crippen molar-refractivity contribution in [2.45, 2.75) is 9.79 Å². The van der Waals surface area contributed by atoms with Crippen molar-refractivity contribution in [3.8, 4) is 0 Å². The monoisotopic (exact) mass is 500 g/mol. The Morgan fingerprint density at radius 1 is 0.844 bits per heavy atom. The minimum absolute atomic E-state index is 0. The van der Waals surface area contributed by atoms with Crippen LogP contribution in [-0.4, -0.2) is 30.9 Å². The molecule has 0 aliphatic heterocycles. The van der Waals surface area contributed by atoms with Crippen LogP contribution in [0.1, 0.15) is 2.85 Å². The summed E-state index contributed by atoms with van der Waals surface area (Å²) in [6, 6.07) is 9.35. The molecule has 0 spiro atoms. The van der Waals surface area contributed by atoms with E-state index < -0.39 is 35.0 Å². The van der Waals surface area contributed by atoms with Crippen molar-refractivity contribution in [2.24, 2.45) is 10.2 Å². The number of nitrogen functional groups attached to an aromatic ring is 1. The summed E-state index contributed by atoms with van der Waals surface area (Å²) in [4.78, 5) is 8.06. The third kappa shape index (κ3) is 6.11. The van der Waals surface area contributed by atoms with Crippen molar-refractivity contribution in [3.63, 3.8) is 0 Å². The van der Waals surface area contributed by atoms with E-state index in [0.29, 0.717) is 0 Å². The van der Waals surface area contributed by atoms with Crippen LogP contribution in [0.3, 0.4) is 0 Å². The fourth-order valence-corrected chi connectivity index (χ4v) is 4.68. The van der Waals surface area contributed by atoms with Crippen LogP contribution in [0.15, 0.2) is 68.6 Å². The molecule has 0 aliphatic rings. The van der Waals surface area contributed by atoms with Crippen molar-refractivity contribution in [1.82, 2.24) is 0 Å². The third-order valence-electron chi connectivity index (χ3n) is 3.98. The molecule has 0 bridgehead atoms. The van der Waals surface area contributed by atoms with E-state index in [4.69, 9.17) is 5.73 Å². The van der Waals surface area contributed by atoms with Gasteiger partial charge >= 0.3 is 59.1 Å². The fourth-order valence-electron chi connectivity index (χ4n) is 2.69. The SMILES string of the molecule is Nc1ccc2c(S(=O)(=O)O)c(S(=O)(=O)O)ccc2c1N=Nc1ccc([N+](=O)[O-])cc1.[H-].[H-].[Na+].[Na+]. The summed E-state index contributed by atoms with van der Waals surface area (Å²) in [5.74, 6) is 0. The van der Waals surface area contributed by atoms with Gasteiger partial charge in [0.25, 0.3) is 25.9 Å². The maximum absolute atomic E-state index is 11.8. The zero-order valence-corrected chi connectivity index (χ0v) is 22.3. The van der Waals surface area contributed by atoms with Crippen LogP contribution >= 0.6 is 0 Å². The van der Waals surface area contributed by atoms with Crippen LogP contribution in [0.4, 0.5) is 22.7 Å². The number of benzene rings is 3. The molecule has 0 heterocycles. The predicted molar refractivity (Wildman–Crippen MR) is 107 cm³/mol. The number of hydrogen-bond donors (Lipinski definition) is 3. The van der Waals surface area contributed by atoms with E-state index >= 15 is 0 Å². The quantitative estimate of drug-likeness (QED) is 0.0843. The number of azo groups is 1. The Balaban J connectivity index is 0. The number of nitro benzene ring substituents is 1. The van der Waals surface area contributed by atoms with Crippen molar-refractivity contribution in [1.29, 1.82) is 0 Å². The second kappa shape index (κ2) is 10.6. The molecule has 32 heavy (non-hydrogen) atoms. The molecule has 0 saturated heterocycles. The normalized spacial score (nSPS) is 11.7. The molecule has 0 aliphatic carbocycles. The molecule has 3 rings (SSSR count). The molecule has 3 aromatic carbocycles. The van der Waals surface area contributed by atoms with Gasteiger partial charge in [0.2, 0.25) is 0 Å². The predicted octanol–water partition coefficient (Wildman–Crippen LogP) is -2.53. The zero-order valence-electron chi connectivity index (χ0n) is 18.7. The molecule has 160 valence electrons. The number of nitro groups is 1. The largest absolute Gasteiger partial charge is 1.00 e. The first-order valence-corrected chi connectivity index (χ1v) is 10.7. The number of fused-ring (bicyclic) bond motifs is 1. The average Bonchev–Trinajstić information content (AvgIpc) is 2.65. The van der Waals surface area contributed by atoms with Gasteiger partial charge in [0.05, 0.1) is 16.3 Å². The molecule has 0 radical (unpaired) electrons. The van der Waals surface area contributed by atoms with Crippen LogP contribution in [0.2, 0.25) is 0 Å². The van der Waals surface area contributed by atoms with Gasteiger partial charge < -0.3 is 8.59 Å². The van der Waals surface area contributed by atoms with Gasteiger partial charge in [-0.15, -0.1) is 5.11 Å². The first-order chi connectivity index (χ1) is 13.9. The number of hydrogen-bond acceptors (Lipinski definition) is 9. The number of rotatable bonds is 5. The van der Waals surface area contributed by atoms with Gasteiger partial charge in [0.15, 0.2) is 0 Å². The van der Waals surface area contributed by atoms with Crippen molar-refractivity contribution >= 4 is 53.8 Å². The van der Waals surface area contributed by atoms with Gasteiger partial charge in [-0.1, -0.05) is 12.1 Å². The molecular weight excluding hydrogens is 486 g/mol. The molecule has 0 unspecified atom stereocenters. The summed E-state index contributed by atoms with van der Waals surface area (Å²) in [5, 5.41) is 18.3. The maximum Gasteiger partial charge on any atom is 1.00 e. The average molecular weight is 500 g/mol. The van der Waals surface area contributed by atoms with Crippen molar-refractivity contribution < 1.29 is 92.8 Å². The molecule has 0 atom stereocenters. The Kier molecular flexibility index (Phi) is 9.51. The summed E-state index contributed by atoms with van der Waals surface area (Å²) in [6.45, 7) is 0. The van der Waals surface area contributed by atoms with Gasteiger partial charge in [0.1, 0.15) is 15.5 Å². The Morgan fingerprint density at radius 2 is 1.41 bits per heavy atom. The molecule has 16 heteroatoms. The number of anilines is 1. The zero-order chi connectivity index (χ0) is 22.3. The first-order valence-electron chi connectivity index (χ1n) is 7.86. The van der Waals surface area contributed by atoms with Gasteiger partial charge in [-0.05, 0) is 24.3 Å². The molecule has 0 amide bonds. The second-order valence-electron chi connectivity index (χ2n) is 5.91. The van der Waals surface area contributed by atoms with Crippen molar-refractivity contribution in [2.75, 3.05) is 5.73 Å². The van der Waals surface area contributed by atoms with Crippen LogP contribution in [0.25, 0.3) is 10.8 Å². The third-order valence-corrected chi connectivity index (χ3v) is 5.96. The smallest absolute Gasteiger partial charge is 1.00 e. The molecule has 3 aromatic rings. The second-order valence-corrected chi connectivity index (χ2v) is 8.66. The Bertz CT molecular complexity index is 1440. The van der Waals surface area contributed by atoms with E-state index in [9.17, 15) is 36.1 Å². The van der Waals surface area contributed by atoms with E-state index in [-0.39, 0.29) is 95.5 Å². The maximum atomic E-state index is 11.8. The molecule has 0 saturated carbocycles. The summed E-state index contributed by atoms with van der Waals surface area (Å²) in [6.07, 6.45) is 0. The summed E-state index contributed by atoms with van der Waals surface area (Å²) in [5.41, 5.74) is 5.95. The first kappa shape index (κ1) is 28.6. The summed E-state index contributed by atoms with van der Waals surface area (Å²) < 4.78 is 65.6. The van der Waals surface area contributed by atoms with E-state index in [1.54, 1.807) is 0 Å². The fraction of sp³-hybridized carbons (Fsp3) is 0. The van der Waals surface area contributed by atoms with Crippen LogP contribution in [-0.2, 0) is 20.2 Å². The molecular formula is C16H14N4Na2O8S2. The van der Waals surface area contributed by atoms with Gasteiger partial charge in [-0.2, -0.15) is 21.9 Å². The van der Waals surface area contributed by atoms with E-state index in [0.717, 1.165) is 18.2 Å². The van der Waals surface area contributed by atoms with Crippen LogP contribution in [0, 0.1) is 10.1 Å². The van der Waals surface area contributed by atoms with Crippen LogP contribution < -0.4 is 64.8 Å². The molecule has 4 N–H and O–H groups in total. The Morgan fingerprint density at radius 3 is 1.91 bits per heavy atom. The summed E-state index contributed by atoms with van der Waals surface area (Å²) >= 11 is 0. The minimum Gasteiger partial charge on any atom is -1.00 e. The van der Waals surface area contributed by atoms with Crippen molar-refractivity contribution in [3.05, 3.63) is 58.6 Å². The molecule has 0 aromatic heterocycles. The number of nitrogens with two attached hydrogens (primary N) is 1. The van der Waals surface area contributed by atoms with Gasteiger partial charge in [-0.25, -0.2) is 0 Å². The summed E-state index contributed by atoms with van der Waals surface area (Å²) in [7, 11) is -10.0. The van der Waals surface area contributed by atoms with Gasteiger partial charge in [-0.3, -0.25) is 19.2 Å². The van der Waals surface area contributed by atoms with E-state index in [1.807, 2.05) is 0 Å². The molecule has 0 fully saturated rings. The molecule has 12 nitrogen and oxygen atoms in total. The van der Waals surface area contributed by atoms with E-state index in [2.05, 4.69) is 10.2 Å². The standard InChI is InChI=1S/C16H12N4O8S2.2Na.2H/c17-13-7-5-12-11(6-8-14(29(23,24)25)16(12)30(26,27)28)15(13)19-18-9-1-3-10(4-2-9)20(21)22;;;;/h1-8H,17H2,(H,23,24,25)(H,26,27,28);;;;/q;2*+1;2*-1. The number of nitrogens with zero attached hydrogens (tertiary/aromatic N) is 3. The Hall–Kier alpha value is -1.46. The Labute approximate surface area is 229 Å². The van der Waals surface area contributed by atoms with Crippen LogP contribution in [0.5, 0.6) is 0 Å². The number of non-ortho nitro benzene ring substituents is 1. The van der Waals surface area contributed by atoms with E-state index in [1.165, 1.54) is 30.3 Å².